The van der Waals surface area contributed by atoms with Crippen molar-refractivity contribution in [3.05, 3.63) is 30.6 Å². The first-order valence-electron chi connectivity index (χ1n) is 5.95. The SMILES string of the molecule is CCn1ncnc1CNCCCn1cccn1. The molecule has 2 aromatic rings. The molecular weight excluding hydrogens is 216 g/mol. The van der Waals surface area contributed by atoms with Crippen molar-refractivity contribution in [1.29, 1.82) is 0 Å². The van der Waals surface area contributed by atoms with Crippen LogP contribution in [-0.4, -0.2) is 31.1 Å². The second-order valence-electron chi connectivity index (χ2n) is 3.79. The highest BCUT2D eigenvalue weighted by atomic mass is 15.3. The average molecular weight is 234 g/mol. The van der Waals surface area contributed by atoms with Crippen LogP contribution in [0.3, 0.4) is 0 Å². The summed E-state index contributed by atoms with van der Waals surface area (Å²) >= 11 is 0. The lowest BCUT2D eigenvalue weighted by molar-refractivity contribution is 0.523. The van der Waals surface area contributed by atoms with Gasteiger partial charge in [0.2, 0.25) is 0 Å². The lowest BCUT2D eigenvalue weighted by Gasteiger charge is -2.05. The van der Waals surface area contributed by atoms with Gasteiger partial charge in [-0.25, -0.2) is 9.67 Å². The molecule has 0 amide bonds. The van der Waals surface area contributed by atoms with Crippen LogP contribution in [0.4, 0.5) is 0 Å². The van der Waals surface area contributed by atoms with Gasteiger partial charge in [-0.15, -0.1) is 0 Å². The van der Waals surface area contributed by atoms with E-state index < -0.39 is 0 Å². The number of aryl methyl sites for hydroxylation is 2. The molecule has 0 saturated carbocycles. The number of rotatable bonds is 7. The Morgan fingerprint density at radius 1 is 1.35 bits per heavy atom. The molecule has 6 heteroatoms. The minimum atomic E-state index is 0.771. The molecule has 0 saturated heterocycles. The molecular formula is C11H18N6. The summed E-state index contributed by atoms with van der Waals surface area (Å²) in [5.41, 5.74) is 0. The second-order valence-corrected chi connectivity index (χ2v) is 3.79. The molecule has 0 unspecified atom stereocenters. The van der Waals surface area contributed by atoms with Crippen molar-refractivity contribution in [1.82, 2.24) is 29.9 Å². The van der Waals surface area contributed by atoms with E-state index in [-0.39, 0.29) is 0 Å². The maximum Gasteiger partial charge on any atom is 0.140 e. The summed E-state index contributed by atoms with van der Waals surface area (Å²) in [6.45, 7) is 5.60. The van der Waals surface area contributed by atoms with Crippen LogP contribution in [0, 0.1) is 0 Å². The van der Waals surface area contributed by atoms with Crippen molar-refractivity contribution in [2.45, 2.75) is 33.0 Å². The smallest absolute Gasteiger partial charge is 0.140 e. The third-order valence-corrected chi connectivity index (χ3v) is 2.58. The van der Waals surface area contributed by atoms with E-state index in [4.69, 9.17) is 0 Å². The third-order valence-electron chi connectivity index (χ3n) is 2.58. The third kappa shape index (κ3) is 3.39. The minimum Gasteiger partial charge on any atom is -0.310 e. The maximum absolute atomic E-state index is 4.21. The number of hydrogen-bond donors (Lipinski definition) is 1. The van der Waals surface area contributed by atoms with Gasteiger partial charge in [0.15, 0.2) is 0 Å². The molecule has 0 aliphatic rings. The van der Waals surface area contributed by atoms with Crippen LogP contribution in [0.5, 0.6) is 0 Å². The topological polar surface area (TPSA) is 60.6 Å². The lowest BCUT2D eigenvalue weighted by atomic mass is 10.4. The molecule has 0 fully saturated rings. The normalized spacial score (nSPS) is 10.9. The van der Waals surface area contributed by atoms with E-state index in [1.807, 2.05) is 21.6 Å². The van der Waals surface area contributed by atoms with E-state index >= 15 is 0 Å². The van der Waals surface area contributed by atoms with Crippen LogP contribution in [0.1, 0.15) is 19.2 Å². The standard InChI is InChI=1S/C11H18N6/c1-2-17-11(13-10-15-17)9-12-5-3-7-16-8-4-6-14-16/h4,6,8,10,12H,2-3,5,7,9H2,1H3. The number of nitrogens with one attached hydrogen (secondary N) is 1. The van der Waals surface area contributed by atoms with Crippen LogP contribution in [0.25, 0.3) is 0 Å². The fourth-order valence-electron chi connectivity index (χ4n) is 1.69. The molecule has 0 aliphatic carbocycles. The summed E-state index contributed by atoms with van der Waals surface area (Å²) in [5.74, 6) is 0.992. The van der Waals surface area contributed by atoms with Gasteiger partial charge in [-0.3, -0.25) is 4.68 Å². The van der Waals surface area contributed by atoms with Crippen molar-refractivity contribution >= 4 is 0 Å². The molecule has 0 bridgehead atoms. The Morgan fingerprint density at radius 3 is 3.06 bits per heavy atom. The zero-order valence-corrected chi connectivity index (χ0v) is 10.1. The van der Waals surface area contributed by atoms with Gasteiger partial charge in [0.05, 0.1) is 6.54 Å². The fourth-order valence-corrected chi connectivity index (χ4v) is 1.69. The first kappa shape index (κ1) is 11.8. The average Bonchev–Trinajstić information content (AvgIpc) is 2.98. The Labute approximate surface area is 101 Å². The Hall–Kier alpha value is -1.69. The van der Waals surface area contributed by atoms with E-state index in [2.05, 4.69) is 27.4 Å². The lowest BCUT2D eigenvalue weighted by Crippen LogP contribution is -2.19. The highest BCUT2D eigenvalue weighted by Gasteiger charge is 2.00. The predicted molar refractivity (Wildman–Crippen MR) is 64.2 cm³/mol. The van der Waals surface area contributed by atoms with Gasteiger partial charge in [-0.2, -0.15) is 10.2 Å². The highest BCUT2D eigenvalue weighted by molar-refractivity contribution is 4.83. The maximum atomic E-state index is 4.21. The Kier molecular flexibility index (Phi) is 4.26. The van der Waals surface area contributed by atoms with Crippen molar-refractivity contribution in [3.8, 4) is 0 Å². The van der Waals surface area contributed by atoms with Crippen LogP contribution >= 0.6 is 0 Å². The van der Waals surface area contributed by atoms with Crippen molar-refractivity contribution in [2.75, 3.05) is 6.54 Å². The Morgan fingerprint density at radius 2 is 2.29 bits per heavy atom. The summed E-state index contributed by atoms with van der Waals surface area (Å²) in [6.07, 6.45) is 6.44. The van der Waals surface area contributed by atoms with Gasteiger partial charge < -0.3 is 5.32 Å². The molecule has 0 atom stereocenters. The molecule has 0 aliphatic heterocycles. The van der Waals surface area contributed by atoms with E-state index in [9.17, 15) is 0 Å². The summed E-state index contributed by atoms with van der Waals surface area (Å²) in [6, 6.07) is 1.94. The van der Waals surface area contributed by atoms with Crippen molar-refractivity contribution in [3.63, 3.8) is 0 Å². The quantitative estimate of drug-likeness (QED) is 0.715. The van der Waals surface area contributed by atoms with Crippen LogP contribution < -0.4 is 5.32 Å². The summed E-state index contributed by atoms with van der Waals surface area (Å²) < 4.78 is 3.84. The molecule has 1 N–H and O–H groups in total. The van der Waals surface area contributed by atoms with Crippen molar-refractivity contribution in [2.24, 2.45) is 0 Å². The molecule has 0 aromatic carbocycles. The van der Waals surface area contributed by atoms with Crippen molar-refractivity contribution < 1.29 is 0 Å². The molecule has 2 heterocycles. The minimum absolute atomic E-state index is 0.771. The van der Waals surface area contributed by atoms with E-state index in [1.165, 1.54) is 0 Å². The molecule has 17 heavy (non-hydrogen) atoms. The fraction of sp³-hybridized carbons (Fsp3) is 0.545. The van der Waals surface area contributed by atoms with E-state index in [1.54, 1.807) is 12.5 Å². The molecule has 2 aromatic heterocycles. The molecule has 0 spiro atoms. The van der Waals surface area contributed by atoms with Crippen LogP contribution in [-0.2, 0) is 19.6 Å². The van der Waals surface area contributed by atoms with Crippen LogP contribution in [0.15, 0.2) is 24.8 Å². The molecule has 2 rings (SSSR count). The largest absolute Gasteiger partial charge is 0.310 e. The number of nitrogens with zero attached hydrogens (tertiary/aromatic N) is 5. The zero-order chi connectivity index (χ0) is 11.9. The predicted octanol–water partition coefficient (Wildman–Crippen LogP) is 0.674. The Bertz CT molecular complexity index is 419. The van der Waals surface area contributed by atoms with Gasteiger partial charge >= 0.3 is 0 Å². The first-order chi connectivity index (χ1) is 8.40. The van der Waals surface area contributed by atoms with Gasteiger partial charge in [-0.05, 0) is 26.0 Å². The molecule has 6 nitrogen and oxygen atoms in total. The van der Waals surface area contributed by atoms with Gasteiger partial charge in [0, 0.05) is 25.5 Å². The van der Waals surface area contributed by atoms with E-state index in [0.29, 0.717) is 0 Å². The monoisotopic (exact) mass is 234 g/mol. The van der Waals surface area contributed by atoms with Gasteiger partial charge in [-0.1, -0.05) is 0 Å². The summed E-state index contributed by atoms with van der Waals surface area (Å²) in [5, 5.41) is 11.6. The number of hydrogen-bond acceptors (Lipinski definition) is 4. The van der Waals surface area contributed by atoms with Gasteiger partial charge in [0.25, 0.3) is 0 Å². The van der Waals surface area contributed by atoms with Gasteiger partial charge in [0.1, 0.15) is 12.2 Å². The zero-order valence-electron chi connectivity index (χ0n) is 10.1. The second kappa shape index (κ2) is 6.15. The summed E-state index contributed by atoms with van der Waals surface area (Å²) in [4.78, 5) is 4.21. The highest BCUT2D eigenvalue weighted by Crippen LogP contribution is 1.93. The molecule has 92 valence electrons. The first-order valence-corrected chi connectivity index (χ1v) is 5.95. The van der Waals surface area contributed by atoms with E-state index in [0.717, 1.165) is 38.4 Å². The number of aromatic nitrogens is 5. The van der Waals surface area contributed by atoms with Crippen LogP contribution in [0.2, 0.25) is 0 Å². The Balaban J connectivity index is 1.63. The molecule has 0 radical (unpaired) electrons. The summed E-state index contributed by atoms with van der Waals surface area (Å²) in [7, 11) is 0.